The van der Waals surface area contributed by atoms with Crippen molar-refractivity contribution >= 4 is 65.3 Å². The van der Waals surface area contributed by atoms with Crippen LogP contribution in [0.5, 0.6) is 23.0 Å². The zero-order valence-electron chi connectivity index (χ0n) is 37.5. The third kappa shape index (κ3) is 18.7. The zero-order chi connectivity index (χ0) is 43.3. The van der Waals surface area contributed by atoms with Gasteiger partial charge in [0, 0.05) is 22.3 Å². The number of carbonyl (C=O) groups is 1. The fraction of sp³-hybridized carbons (Fsp3) is 0.436. The van der Waals surface area contributed by atoms with Gasteiger partial charge < -0.3 is 18.9 Å². The van der Waals surface area contributed by atoms with Crippen LogP contribution in [0.4, 0.5) is 0 Å². The molecule has 0 bridgehead atoms. The lowest BCUT2D eigenvalue weighted by molar-refractivity contribution is 0.112. The minimum absolute atomic E-state index is 0.659. The van der Waals surface area contributed by atoms with Crippen molar-refractivity contribution in [3.05, 3.63) is 115 Å². The van der Waals surface area contributed by atoms with Crippen molar-refractivity contribution < 1.29 is 23.7 Å². The molecule has 0 spiro atoms. The molecule has 0 aliphatic heterocycles. The molecule has 5 nitrogen and oxygen atoms in total. The molecule has 0 aliphatic carbocycles. The summed E-state index contributed by atoms with van der Waals surface area (Å²) in [6.07, 6.45) is 32.1. The molecule has 4 aromatic carbocycles. The van der Waals surface area contributed by atoms with E-state index in [0.29, 0.717) is 25.4 Å². The van der Waals surface area contributed by atoms with Crippen LogP contribution >= 0.6 is 22.6 Å². The van der Waals surface area contributed by atoms with Gasteiger partial charge in [0.2, 0.25) is 0 Å². The molecule has 4 rings (SSSR count). The van der Waals surface area contributed by atoms with Gasteiger partial charge in [-0.05, 0) is 89.2 Å². The highest BCUT2D eigenvalue weighted by Gasteiger charge is 2.12. The van der Waals surface area contributed by atoms with Crippen LogP contribution in [-0.4, -0.2) is 32.7 Å². The Bertz CT molecular complexity index is 1930. The molecule has 4 aromatic rings. The van der Waals surface area contributed by atoms with Gasteiger partial charge in [-0.2, -0.15) is 0 Å². The van der Waals surface area contributed by atoms with E-state index in [2.05, 4.69) is 135 Å². The molecule has 0 N–H and O–H groups in total. The molecule has 0 amide bonds. The van der Waals surface area contributed by atoms with Crippen LogP contribution < -0.4 is 18.9 Å². The van der Waals surface area contributed by atoms with Gasteiger partial charge in [0.1, 0.15) is 29.3 Å². The molecular formula is C55H71IO5. The van der Waals surface area contributed by atoms with E-state index in [9.17, 15) is 4.79 Å². The van der Waals surface area contributed by atoms with Crippen molar-refractivity contribution in [1.82, 2.24) is 0 Å². The van der Waals surface area contributed by atoms with E-state index >= 15 is 0 Å². The molecule has 328 valence electrons. The minimum atomic E-state index is 0.659. The fourth-order valence-corrected chi connectivity index (χ4v) is 7.42. The standard InChI is InChI=1S/C55H71IO5/c1-5-9-13-17-35-58-52-40-49(33-30-46-25-27-47(43-57)28-26-46)53(59-36-18-14-10-6-2)39-48(52)32-29-44-21-23-45(24-22-44)31-34-50-41-55(61-38-20-16-12-8-4)51(56)42-54(50)60-37-19-15-11-7-3/h21-34,39-43H,5-20,35-38H2,1-4H3/b32-29+,33-30+,34-31+. The number of carbonyl (C=O) groups excluding carboxylic acids is 1. The van der Waals surface area contributed by atoms with Gasteiger partial charge in [-0.25, -0.2) is 0 Å². The molecule has 0 saturated carbocycles. The van der Waals surface area contributed by atoms with Crippen molar-refractivity contribution in [2.24, 2.45) is 0 Å². The SMILES string of the molecule is CCCCCCOc1cc(/C=C/c2ccc(/C=C/c3cc(OCCCCCC)c(/C=C/c4ccc(C=O)cc4)cc3OCCCCCC)cc2)c(OCCCCCC)cc1I. The van der Waals surface area contributed by atoms with Gasteiger partial charge in [-0.3, -0.25) is 4.79 Å². The summed E-state index contributed by atoms with van der Waals surface area (Å²) in [5.41, 5.74) is 6.87. The first-order valence-electron chi connectivity index (χ1n) is 23.2. The number of aldehydes is 1. The van der Waals surface area contributed by atoms with Gasteiger partial charge in [-0.1, -0.05) is 190 Å². The Morgan fingerprint density at radius 1 is 0.377 bits per heavy atom. The van der Waals surface area contributed by atoms with Crippen molar-refractivity contribution in [1.29, 1.82) is 0 Å². The first kappa shape index (κ1) is 49.4. The summed E-state index contributed by atoms with van der Waals surface area (Å²) in [4.78, 5) is 11.2. The molecule has 0 saturated heterocycles. The Labute approximate surface area is 382 Å². The Morgan fingerprint density at radius 3 is 1.00 bits per heavy atom. The lowest BCUT2D eigenvalue weighted by Crippen LogP contribution is -2.03. The number of halogens is 1. The minimum Gasteiger partial charge on any atom is -0.493 e. The number of unbranched alkanes of at least 4 members (excludes halogenated alkanes) is 12. The smallest absolute Gasteiger partial charge is 0.150 e. The highest BCUT2D eigenvalue weighted by molar-refractivity contribution is 14.1. The average molecular weight is 939 g/mol. The molecule has 0 heterocycles. The topological polar surface area (TPSA) is 54.0 Å². The first-order valence-corrected chi connectivity index (χ1v) is 24.3. The Kier molecular flexibility index (Phi) is 24.2. The molecule has 0 atom stereocenters. The second-order valence-electron chi connectivity index (χ2n) is 15.8. The van der Waals surface area contributed by atoms with E-state index in [1.165, 1.54) is 64.2 Å². The first-order chi connectivity index (χ1) is 30.0. The zero-order valence-corrected chi connectivity index (χ0v) is 39.7. The summed E-state index contributed by atoms with van der Waals surface area (Å²) in [5, 5.41) is 0. The summed E-state index contributed by atoms with van der Waals surface area (Å²) >= 11 is 2.37. The molecular weight excluding hydrogens is 868 g/mol. The van der Waals surface area contributed by atoms with Crippen LogP contribution in [0.3, 0.4) is 0 Å². The average Bonchev–Trinajstić information content (AvgIpc) is 3.28. The normalized spacial score (nSPS) is 11.6. The van der Waals surface area contributed by atoms with Crippen molar-refractivity contribution in [3.8, 4) is 23.0 Å². The van der Waals surface area contributed by atoms with Crippen LogP contribution in [0.15, 0.2) is 72.8 Å². The predicted molar refractivity (Wildman–Crippen MR) is 269 cm³/mol. The summed E-state index contributed by atoms with van der Waals surface area (Å²) in [6.45, 7) is 11.7. The summed E-state index contributed by atoms with van der Waals surface area (Å²) < 4.78 is 26.7. The van der Waals surface area contributed by atoms with Gasteiger partial charge in [0.25, 0.3) is 0 Å². The maximum atomic E-state index is 11.2. The van der Waals surface area contributed by atoms with Gasteiger partial charge in [0.05, 0.1) is 30.0 Å². The molecule has 0 radical (unpaired) electrons. The summed E-state index contributed by atoms with van der Waals surface area (Å²) in [6, 6.07) is 24.7. The second-order valence-corrected chi connectivity index (χ2v) is 17.0. The van der Waals surface area contributed by atoms with E-state index < -0.39 is 0 Å². The lowest BCUT2D eigenvalue weighted by Gasteiger charge is -2.15. The van der Waals surface area contributed by atoms with Crippen molar-refractivity contribution in [2.75, 3.05) is 26.4 Å². The number of rotatable bonds is 31. The third-order valence-corrected chi connectivity index (χ3v) is 11.4. The Balaban J connectivity index is 1.58. The monoisotopic (exact) mass is 938 g/mol. The van der Waals surface area contributed by atoms with Crippen LogP contribution in [0.1, 0.15) is 174 Å². The van der Waals surface area contributed by atoms with E-state index in [0.717, 1.165) is 111 Å². The van der Waals surface area contributed by atoms with E-state index in [4.69, 9.17) is 18.9 Å². The van der Waals surface area contributed by atoms with Crippen LogP contribution in [-0.2, 0) is 0 Å². The second kappa shape index (κ2) is 29.9. The highest BCUT2D eigenvalue weighted by Crippen LogP contribution is 2.34. The maximum absolute atomic E-state index is 11.2. The van der Waals surface area contributed by atoms with Crippen LogP contribution in [0, 0.1) is 3.57 Å². The quantitative estimate of drug-likeness (QED) is 0.0218. The van der Waals surface area contributed by atoms with Gasteiger partial charge >= 0.3 is 0 Å². The van der Waals surface area contributed by atoms with Gasteiger partial charge in [-0.15, -0.1) is 0 Å². The van der Waals surface area contributed by atoms with E-state index in [-0.39, 0.29) is 0 Å². The van der Waals surface area contributed by atoms with Crippen LogP contribution in [0.2, 0.25) is 0 Å². The lowest BCUT2D eigenvalue weighted by atomic mass is 10.0. The molecule has 0 aromatic heterocycles. The van der Waals surface area contributed by atoms with E-state index in [1.807, 2.05) is 24.3 Å². The third-order valence-electron chi connectivity index (χ3n) is 10.6. The molecule has 6 heteroatoms. The predicted octanol–water partition coefficient (Wildman–Crippen LogP) is 16.5. The number of benzene rings is 4. The molecule has 0 unspecified atom stereocenters. The molecule has 0 aliphatic rings. The Morgan fingerprint density at radius 2 is 0.672 bits per heavy atom. The van der Waals surface area contributed by atoms with Crippen molar-refractivity contribution in [3.63, 3.8) is 0 Å². The number of hydrogen-bond donors (Lipinski definition) is 0. The van der Waals surface area contributed by atoms with Crippen molar-refractivity contribution in [2.45, 2.75) is 130 Å². The molecule has 0 fully saturated rings. The highest BCUT2D eigenvalue weighted by atomic mass is 127. The molecule has 61 heavy (non-hydrogen) atoms. The number of hydrogen-bond acceptors (Lipinski definition) is 5. The number of ether oxygens (including phenoxy) is 4. The van der Waals surface area contributed by atoms with Crippen LogP contribution in [0.25, 0.3) is 36.5 Å². The van der Waals surface area contributed by atoms with Gasteiger partial charge in [0.15, 0.2) is 0 Å². The Hall–Kier alpha value is -4.30. The summed E-state index contributed by atoms with van der Waals surface area (Å²) in [7, 11) is 0. The summed E-state index contributed by atoms with van der Waals surface area (Å²) in [5.74, 6) is 3.49. The maximum Gasteiger partial charge on any atom is 0.150 e. The van der Waals surface area contributed by atoms with E-state index in [1.54, 1.807) is 0 Å². The fourth-order valence-electron chi connectivity index (χ4n) is 6.82. The largest absolute Gasteiger partial charge is 0.493 e.